The van der Waals surface area contributed by atoms with Gasteiger partial charge in [-0.3, -0.25) is 4.79 Å². The number of fused-ring (bicyclic) bond motifs is 2. The highest BCUT2D eigenvalue weighted by Gasteiger charge is 2.21. The van der Waals surface area contributed by atoms with Crippen LogP contribution in [0.25, 0.3) is 21.2 Å². The van der Waals surface area contributed by atoms with Crippen LogP contribution in [0.15, 0.2) is 41.2 Å². The molecule has 0 radical (unpaired) electrons. The molecule has 0 bridgehead atoms. The van der Waals surface area contributed by atoms with E-state index in [2.05, 4.69) is 6.92 Å². The quantitative estimate of drug-likeness (QED) is 0.574. The molecule has 0 aliphatic heterocycles. The van der Waals surface area contributed by atoms with Gasteiger partial charge in [-0.25, -0.2) is 8.78 Å². The van der Waals surface area contributed by atoms with E-state index in [9.17, 15) is 13.6 Å². The molecule has 1 heterocycles. The molecule has 4 heteroatoms. The molecular weight excluding hydrogens is 338 g/mol. The topological polar surface area (TPSA) is 17.1 Å². The van der Waals surface area contributed by atoms with Gasteiger partial charge >= 0.3 is 0 Å². The zero-order valence-corrected chi connectivity index (χ0v) is 14.8. The van der Waals surface area contributed by atoms with Crippen molar-refractivity contribution in [2.24, 2.45) is 5.92 Å². The molecule has 0 N–H and O–H groups in total. The Morgan fingerprint density at radius 1 is 1.08 bits per heavy atom. The first-order valence-electron chi connectivity index (χ1n) is 8.60. The SMILES string of the molecule is CCC1CCc2c(sc3cc(-c4cc(F)cc(F)c4)ccc3c2=O)C1. The van der Waals surface area contributed by atoms with Crippen LogP contribution in [0, 0.1) is 17.6 Å². The molecule has 0 spiro atoms. The van der Waals surface area contributed by atoms with Gasteiger partial charge in [0.1, 0.15) is 11.6 Å². The van der Waals surface area contributed by atoms with Gasteiger partial charge in [-0.2, -0.15) is 0 Å². The molecule has 1 aliphatic rings. The third-order valence-corrected chi connectivity index (χ3v) is 6.34. The van der Waals surface area contributed by atoms with Crippen molar-refractivity contribution in [2.45, 2.75) is 32.6 Å². The number of benzene rings is 2. The van der Waals surface area contributed by atoms with Crippen molar-refractivity contribution in [3.63, 3.8) is 0 Å². The van der Waals surface area contributed by atoms with E-state index in [0.717, 1.165) is 47.6 Å². The fraction of sp³-hybridized carbons (Fsp3) is 0.286. The molecule has 2 aromatic carbocycles. The van der Waals surface area contributed by atoms with E-state index in [4.69, 9.17) is 0 Å². The van der Waals surface area contributed by atoms with Gasteiger partial charge in [0.15, 0.2) is 5.43 Å². The first kappa shape index (κ1) is 16.4. The number of hydrogen-bond acceptors (Lipinski definition) is 2. The minimum atomic E-state index is -0.598. The van der Waals surface area contributed by atoms with Crippen LogP contribution >= 0.6 is 11.3 Å². The van der Waals surface area contributed by atoms with Gasteiger partial charge in [-0.05, 0) is 60.6 Å². The first-order chi connectivity index (χ1) is 12.0. The predicted octanol–water partition coefficient (Wildman–Crippen LogP) is 5.72. The Bertz CT molecular complexity index is 1000. The van der Waals surface area contributed by atoms with Gasteiger partial charge in [0.25, 0.3) is 0 Å². The molecule has 1 atom stereocenters. The molecule has 1 nitrogen and oxygen atoms in total. The summed E-state index contributed by atoms with van der Waals surface area (Å²) in [6.07, 6.45) is 4.02. The van der Waals surface area contributed by atoms with Crippen LogP contribution in [0.1, 0.15) is 30.2 Å². The third-order valence-electron chi connectivity index (χ3n) is 5.12. The van der Waals surface area contributed by atoms with E-state index in [1.54, 1.807) is 23.5 Å². The summed E-state index contributed by atoms with van der Waals surface area (Å²) in [5.74, 6) is -0.555. The van der Waals surface area contributed by atoms with E-state index in [-0.39, 0.29) is 5.43 Å². The van der Waals surface area contributed by atoms with Crippen molar-refractivity contribution in [1.82, 2.24) is 0 Å². The molecule has 1 aromatic heterocycles. The lowest BCUT2D eigenvalue weighted by Gasteiger charge is -2.22. The molecule has 0 saturated carbocycles. The van der Waals surface area contributed by atoms with Gasteiger partial charge in [0.2, 0.25) is 0 Å². The van der Waals surface area contributed by atoms with Gasteiger partial charge in [0, 0.05) is 26.6 Å². The fourth-order valence-electron chi connectivity index (χ4n) is 3.66. The Labute approximate surface area is 148 Å². The molecule has 1 unspecified atom stereocenters. The second-order valence-electron chi connectivity index (χ2n) is 6.72. The van der Waals surface area contributed by atoms with Crippen molar-refractivity contribution >= 4 is 21.4 Å². The second-order valence-corrected chi connectivity index (χ2v) is 7.86. The molecule has 4 rings (SSSR count). The summed E-state index contributed by atoms with van der Waals surface area (Å²) in [5, 5.41) is 0.708. The van der Waals surface area contributed by atoms with Crippen molar-refractivity contribution in [1.29, 1.82) is 0 Å². The third kappa shape index (κ3) is 2.99. The Morgan fingerprint density at radius 2 is 1.84 bits per heavy atom. The van der Waals surface area contributed by atoms with Crippen molar-refractivity contribution in [3.8, 4) is 11.1 Å². The van der Waals surface area contributed by atoms with Crippen molar-refractivity contribution in [3.05, 3.63) is 68.7 Å². The summed E-state index contributed by atoms with van der Waals surface area (Å²) in [4.78, 5) is 14.0. The summed E-state index contributed by atoms with van der Waals surface area (Å²) in [6, 6.07) is 8.94. The van der Waals surface area contributed by atoms with Gasteiger partial charge in [0.05, 0.1) is 0 Å². The first-order valence-corrected chi connectivity index (χ1v) is 9.42. The normalized spacial score (nSPS) is 16.8. The van der Waals surface area contributed by atoms with Crippen LogP contribution in [0.5, 0.6) is 0 Å². The minimum Gasteiger partial charge on any atom is -0.289 e. The van der Waals surface area contributed by atoms with Crippen LogP contribution in [0.2, 0.25) is 0 Å². The zero-order valence-electron chi connectivity index (χ0n) is 13.9. The lowest BCUT2D eigenvalue weighted by Crippen LogP contribution is -2.20. The van der Waals surface area contributed by atoms with Crippen LogP contribution in [0.3, 0.4) is 0 Å². The standard InChI is InChI=1S/C21H18F2OS/c1-2-12-3-5-17-19(7-12)25-20-10-13(4-6-18(20)21(17)24)14-8-15(22)11-16(23)9-14/h4,6,8-12H,2-3,5,7H2,1H3. The lowest BCUT2D eigenvalue weighted by atomic mass is 9.86. The number of halogens is 2. The minimum absolute atomic E-state index is 0.121. The zero-order chi connectivity index (χ0) is 17.6. The summed E-state index contributed by atoms with van der Waals surface area (Å²) < 4.78 is 27.9. The second kappa shape index (κ2) is 6.34. The molecule has 128 valence electrons. The Hall–Kier alpha value is -2.07. The van der Waals surface area contributed by atoms with E-state index in [0.29, 0.717) is 16.9 Å². The van der Waals surface area contributed by atoms with Crippen LogP contribution in [-0.2, 0) is 12.8 Å². The smallest absolute Gasteiger partial charge is 0.191 e. The molecule has 25 heavy (non-hydrogen) atoms. The molecule has 0 saturated heterocycles. The lowest BCUT2D eigenvalue weighted by molar-refractivity contribution is 0.448. The summed E-state index contributed by atoms with van der Waals surface area (Å²) in [6.45, 7) is 2.19. The highest BCUT2D eigenvalue weighted by molar-refractivity contribution is 7.18. The maximum Gasteiger partial charge on any atom is 0.191 e. The average Bonchev–Trinajstić information content (AvgIpc) is 2.60. The highest BCUT2D eigenvalue weighted by atomic mass is 32.1. The Balaban J connectivity index is 1.87. The maximum atomic E-state index is 13.5. The van der Waals surface area contributed by atoms with Gasteiger partial charge in [-0.15, -0.1) is 11.3 Å². The fourth-order valence-corrected chi connectivity index (χ4v) is 5.02. The molecule has 0 fully saturated rings. The van der Waals surface area contributed by atoms with E-state index >= 15 is 0 Å². The molecular formula is C21H18F2OS. The summed E-state index contributed by atoms with van der Waals surface area (Å²) >= 11 is 1.65. The highest BCUT2D eigenvalue weighted by Crippen LogP contribution is 2.34. The van der Waals surface area contributed by atoms with Crippen LogP contribution in [0.4, 0.5) is 8.78 Å². The average molecular weight is 356 g/mol. The van der Waals surface area contributed by atoms with Crippen LogP contribution in [-0.4, -0.2) is 0 Å². The molecule has 3 aromatic rings. The summed E-state index contributed by atoms with van der Waals surface area (Å²) in [5.41, 5.74) is 2.30. The monoisotopic (exact) mass is 356 g/mol. The van der Waals surface area contributed by atoms with Crippen molar-refractivity contribution < 1.29 is 8.78 Å². The molecule has 1 aliphatic carbocycles. The Kier molecular flexibility index (Phi) is 4.16. The Morgan fingerprint density at radius 3 is 2.56 bits per heavy atom. The maximum absolute atomic E-state index is 13.5. The predicted molar refractivity (Wildman–Crippen MR) is 99.3 cm³/mol. The van der Waals surface area contributed by atoms with Crippen LogP contribution < -0.4 is 5.43 Å². The summed E-state index contributed by atoms with van der Waals surface area (Å²) in [7, 11) is 0. The van der Waals surface area contributed by atoms with Crippen molar-refractivity contribution in [2.75, 3.05) is 0 Å². The number of rotatable bonds is 2. The van der Waals surface area contributed by atoms with E-state index in [1.165, 1.54) is 17.0 Å². The molecule has 0 amide bonds. The van der Waals surface area contributed by atoms with Gasteiger partial charge in [-0.1, -0.05) is 19.4 Å². The van der Waals surface area contributed by atoms with E-state index < -0.39 is 11.6 Å². The van der Waals surface area contributed by atoms with E-state index in [1.807, 2.05) is 6.07 Å². The largest absolute Gasteiger partial charge is 0.289 e. The van der Waals surface area contributed by atoms with Gasteiger partial charge < -0.3 is 0 Å². The number of hydrogen-bond donors (Lipinski definition) is 0.